The lowest BCUT2D eigenvalue weighted by Crippen LogP contribution is -2.41. The number of nitrogens with one attached hydrogen (secondary N) is 1. The molecule has 1 aromatic carbocycles. The summed E-state index contributed by atoms with van der Waals surface area (Å²) in [5, 5.41) is 11.9. The molecule has 0 bridgehead atoms. The smallest absolute Gasteiger partial charge is 0.417 e. The van der Waals surface area contributed by atoms with Gasteiger partial charge >= 0.3 is 12.1 Å². The zero-order valence-electron chi connectivity index (χ0n) is 11.6. The molecule has 1 aliphatic rings. The van der Waals surface area contributed by atoms with Crippen LogP contribution in [0, 0.1) is 0 Å². The van der Waals surface area contributed by atoms with Gasteiger partial charge in [-0.2, -0.15) is 13.2 Å². The molecule has 1 aliphatic heterocycles. The molecule has 0 amide bonds. The van der Waals surface area contributed by atoms with Gasteiger partial charge in [0.15, 0.2) is 0 Å². The summed E-state index contributed by atoms with van der Waals surface area (Å²) >= 11 is 0. The quantitative estimate of drug-likeness (QED) is 0.898. The second kappa shape index (κ2) is 5.22. The number of carboxylic acid groups (broad SMARTS) is 1. The number of aromatic carboxylic acids is 1. The van der Waals surface area contributed by atoms with E-state index in [1.807, 2.05) is 13.8 Å². The number of benzene rings is 1. The molecule has 4 nitrogen and oxygen atoms in total. The molecule has 1 aromatic rings. The van der Waals surface area contributed by atoms with E-state index in [1.165, 1.54) is 6.07 Å². The van der Waals surface area contributed by atoms with E-state index in [2.05, 4.69) is 5.32 Å². The van der Waals surface area contributed by atoms with Crippen molar-refractivity contribution in [3.63, 3.8) is 0 Å². The van der Waals surface area contributed by atoms with E-state index in [1.54, 1.807) is 0 Å². The maximum atomic E-state index is 13.0. The van der Waals surface area contributed by atoms with Crippen LogP contribution in [0.25, 0.3) is 0 Å². The predicted molar refractivity (Wildman–Crippen MR) is 70.5 cm³/mol. The minimum Gasteiger partial charge on any atom is -0.478 e. The van der Waals surface area contributed by atoms with E-state index in [-0.39, 0.29) is 11.8 Å². The minimum absolute atomic E-state index is 0.147. The molecule has 7 heteroatoms. The number of alkyl halides is 3. The van der Waals surface area contributed by atoms with Crippen LogP contribution in [0.1, 0.15) is 36.2 Å². The molecular formula is C14H16F3NO3. The molecule has 2 unspecified atom stereocenters. The molecule has 2 atom stereocenters. The van der Waals surface area contributed by atoms with Gasteiger partial charge in [-0.05, 0) is 38.5 Å². The van der Waals surface area contributed by atoms with Gasteiger partial charge in [-0.15, -0.1) is 0 Å². The van der Waals surface area contributed by atoms with Crippen LogP contribution >= 0.6 is 0 Å². The van der Waals surface area contributed by atoms with Gasteiger partial charge in [0.25, 0.3) is 0 Å². The number of hydrogen-bond donors (Lipinski definition) is 2. The largest absolute Gasteiger partial charge is 0.478 e. The summed E-state index contributed by atoms with van der Waals surface area (Å²) in [5.74, 6) is -1.60. The highest BCUT2D eigenvalue weighted by Gasteiger charge is 2.39. The first kappa shape index (κ1) is 15.6. The summed E-state index contributed by atoms with van der Waals surface area (Å²) in [6.45, 7) is 4.24. The molecule has 116 valence electrons. The highest BCUT2D eigenvalue weighted by Crippen LogP contribution is 2.36. The molecule has 1 fully saturated rings. The maximum Gasteiger partial charge on any atom is 0.417 e. The second-order valence-electron chi connectivity index (χ2n) is 5.37. The Balaban J connectivity index is 2.36. The van der Waals surface area contributed by atoms with Crippen LogP contribution in [-0.2, 0) is 10.9 Å². The maximum absolute atomic E-state index is 13.0. The topological polar surface area (TPSA) is 58.6 Å². The molecule has 1 heterocycles. The van der Waals surface area contributed by atoms with Gasteiger partial charge in [-0.25, -0.2) is 4.79 Å². The van der Waals surface area contributed by atoms with Crippen LogP contribution in [-0.4, -0.2) is 29.3 Å². The van der Waals surface area contributed by atoms with Crippen LogP contribution in [0.2, 0.25) is 0 Å². The number of halogens is 3. The van der Waals surface area contributed by atoms with Gasteiger partial charge in [0, 0.05) is 12.3 Å². The molecule has 0 aliphatic carbocycles. The van der Waals surface area contributed by atoms with E-state index >= 15 is 0 Å². The summed E-state index contributed by atoms with van der Waals surface area (Å²) < 4.78 is 44.3. The Labute approximate surface area is 119 Å². The molecule has 0 aromatic heterocycles. The van der Waals surface area contributed by atoms with Crippen molar-refractivity contribution in [1.29, 1.82) is 0 Å². The lowest BCUT2D eigenvalue weighted by Gasteiger charge is -2.30. The predicted octanol–water partition coefficient (Wildman–Crippen LogP) is 3.38. The van der Waals surface area contributed by atoms with Crippen molar-refractivity contribution in [2.45, 2.75) is 38.1 Å². The van der Waals surface area contributed by atoms with E-state index in [4.69, 9.17) is 9.84 Å². The van der Waals surface area contributed by atoms with Crippen LogP contribution in [0.15, 0.2) is 18.2 Å². The Morgan fingerprint density at radius 3 is 2.62 bits per heavy atom. The monoisotopic (exact) mass is 303 g/mol. The zero-order chi connectivity index (χ0) is 15.8. The van der Waals surface area contributed by atoms with Gasteiger partial charge in [-0.1, -0.05) is 0 Å². The summed E-state index contributed by atoms with van der Waals surface area (Å²) in [6, 6.07) is 3.14. The lowest BCUT2D eigenvalue weighted by atomic mass is 9.94. The average molecular weight is 303 g/mol. The highest BCUT2D eigenvalue weighted by atomic mass is 19.4. The van der Waals surface area contributed by atoms with E-state index in [0.29, 0.717) is 13.0 Å². The Hall–Kier alpha value is -1.76. The fraction of sp³-hybridized carbons (Fsp3) is 0.500. The van der Waals surface area contributed by atoms with Crippen LogP contribution in [0.4, 0.5) is 18.9 Å². The Morgan fingerprint density at radius 1 is 1.48 bits per heavy atom. The van der Waals surface area contributed by atoms with Gasteiger partial charge in [0.1, 0.15) is 0 Å². The van der Waals surface area contributed by atoms with Crippen molar-refractivity contribution in [3.05, 3.63) is 29.3 Å². The number of anilines is 1. The third-order valence-corrected chi connectivity index (χ3v) is 3.87. The van der Waals surface area contributed by atoms with Crippen molar-refractivity contribution in [1.82, 2.24) is 0 Å². The van der Waals surface area contributed by atoms with E-state index < -0.39 is 28.8 Å². The number of carboxylic acids is 1. The fourth-order valence-corrected chi connectivity index (χ4v) is 2.37. The molecule has 1 saturated heterocycles. The molecule has 0 spiro atoms. The fourth-order valence-electron chi connectivity index (χ4n) is 2.37. The molecule has 2 rings (SSSR count). The number of ether oxygens (including phenoxy) is 1. The van der Waals surface area contributed by atoms with Crippen molar-refractivity contribution < 1.29 is 27.8 Å². The molecule has 0 radical (unpaired) electrons. The zero-order valence-corrected chi connectivity index (χ0v) is 11.6. The average Bonchev–Trinajstić information content (AvgIpc) is 2.68. The molecule has 21 heavy (non-hydrogen) atoms. The number of carbonyl (C=O) groups is 1. The molecule has 2 N–H and O–H groups in total. The van der Waals surface area contributed by atoms with Crippen molar-refractivity contribution >= 4 is 11.7 Å². The van der Waals surface area contributed by atoms with Crippen LogP contribution < -0.4 is 5.32 Å². The normalized spacial score (nSPS) is 25.9. The standard InChI is InChI=1S/C14H16F3NO3/c1-8-13(2,5-6-21-8)18-9-3-4-10(12(19)20)11(7-9)14(15,16)17/h3-4,7-8,18H,5-6H2,1-2H3,(H,19,20). The molecule has 0 saturated carbocycles. The Morgan fingerprint density at radius 2 is 2.14 bits per heavy atom. The summed E-state index contributed by atoms with van der Waals surface area (Å²) in [7, 11) is 0. The summed E-state index contributed by atoms with van der Waals surface area (Å²) in [6.07, 6.45) is -4.20. The second-order valence-corrected chi connectivity index (χ2v) is 5.37. The van der Waals surface area contributed by atoms with E-state index in [0.717, 1.165) is 12.1 Å². The number of rotatable bonds is 3. The first-order valence-corrected chi connectivity index (χ1v) is 6.48. The van der Waals surface area contributed by atoms with Crippen LogP contribution in [0.5, 0.6) is 0 Å². The summed E-state index contributed by atoms with van der Waals surface area (Å²) in [4.78, 5) is 10.9. The Bertz CT molecular complexity index is 559. The highest BCUT2D eigenvalue weighted by molar-refractivity contribution is 5.90. The van der Waals surface area contributed by atoms with E-state index in [9.17, 15) is 18.0 Å². The molecular weight excluding hydrogens is 287 g/mol. The number of hydrogen-bond acceptors (Lipinski definition) is 3. The van der Waals surface area contributed by atoms with Crippen LogP contribution in [0.3, 0.4) is 0 Å². The minimum atomic E-state index is -4.72. The van der Waals surface area contributed by atoms with Crippen molar-refractivity contribution in [3.8, 4) is 0 Å². The van der Waals surface area contributed by atoms with Crippen molar-refractivity contribution in [2.75, 3.05) is 11.9 Å². The first-order chi connectivity index (χ1) is 9.63. The van der Waals surface area contributed by atoms with Crippen molar-refractivity contribution in [2.24, 2.45) is 0 Å². The summed E-state index contributed by atoms with van der Waals surface area (Å²) in [5.41, 5.74) is -2.16. The van der Waals surface area contributed by atoms with Gasteiger partial charge in [-0.3, -0.25) is 0 Å². The third-order valence-electron chi connectivity index (χ3n) is 3.87. The SMILES string of the molecule is CC1OCCC1(C)Nc1ccc(C(=O)O)c(C(F)(F)F)c1. The van der Waals surface area contributed by atoms with Gasteiger partial charge in [0.05, 0.1) is 22.8 Å². The lowest BCUT2D eigenvalue weighted by molar-refractivity contribution is -0.138. The Kier molecular flexibility index (Phi) is 3.88. The first-order valence-electron chi connectivity index (χ1n) is 6.48. The van der Waals surface area contributed by atoms with Gasteiger partial charge < -0.3 is 15.2 Å². The third kappa shape index (κ3) is 3.12. The van der Waals surface area contributed by atoms with Gasteiger partial charge in [0.2, 0.25) is 0 Å².